The highest BCUT2D eigenvalue weighted by atomic mass is 35.5. The van der Waals surface area contributed by atoms with Gasteiger partial charge in [0.1, 0.15) is 5.75 Å². The largest absolute Gasteiger partial charge is 0.508 e. The van der Waals surface area contributed by atoms with Crippen molar-refractivity contribution in [3.63, 3.8) is 0 Å². The van der Waals surface area contributed by atoms with Crippen LogP contribution in [0.3, 0.4) is 0 Å². The molecule has 0 amide bonds. The van der Waals surface area contributed by atoms with Crippen LogP contribution in [0.1, 0.15) is 18.6 Å². The fraction of sp³-hybridized carbons (Fsp3) is 0.455. The lowest BCUT2D eigenvalue weighted by atomic mass is 10.0. The second kappa shape index (κ2) is 5.35. The second-order valence-corrected chi connectivity index (χ2v) is 3.63. The summed E-state index contributed by atoms with van der Waals surface area (Å²) in [7, 11) is 0. The smallest absolute Gasteiger partial charge is 0.115 e. The predicted molar refractivity (Wildman–Crippen MR) is 61.5 cm³/mol. The van der Waals surface area contributed by atoms with Crippen LogP contribution in [0.2, 0.25) is 0 Å². The lowest BCUT2D eigenvalue weighted by Gasteiger charge is -2.30. The molecule has 0 aromatic heterocycles. The van der Waals surface area contributed by atoms with E-state index in [1.807, 2.05) is 12.1 Å². The minimum Gasteiger partial charge on any atom is -0.508 e. The van der Waals surface area contributed by atoms with Gasteiger partial charge in [0, 0.05) is 12.6 Å². The number of hydrogen-bond donors (Lipinski definition) is 2. The molecule has 0 spiro atoms. The van der Waals surface area contributed by atoms with Crippen molar-refractivity contribution in [2.24, 2.45) is 0 Å². The summed E-state index contributed by atoms with van der Waals surface area (Å²) >= 11 is 0. The van der Waals surface area contributed by atoms with E-state index in [0.29, 0.717) is 11.8 Å². The number of rotatable bonds is 1. The maximum atomic E-state index is 9.35. The highest BCUT2D eigenvalue weighted by Gasteiger charge is 2.23. The number of ether oxygens (including phenoxy) is 1. The van der Waals surface area contributed by atoms with Crippen LogP contribution in [-0.2, 0) is 4.74 Å². The predicted octanol–water partition coefficient (Wildman–Crippen LogP) is 1.86. The first-order chi connectivity index (χ1) is 6.77. The second-order valence-electron chi connectivity index (χ2n) is 3.63. The van der Waals surface area contributed by atoms with Gasteiger partial charge in [0.15, 0.2) is 0 Å². The Morgan fingerprint density at radius 2 is 2.27 bits per heavy atom. The Hall–Kier alpha value is -0.770. The van der Waals surface area contributed by atoms with Crippen LogP contribution in [0.5, 0.6) is 5.75 Å². The number of benzene rings is 1. The molecule has 1 aromatic rings. The van der Waals surface area contributed by atoms with Gasteiger partial charge in [0.05, 0.1) is 12.7 Å². The summed E-state index contributed by atoms with van der Waals surface area (Å²) in [5.74, 6) is 0.295. The summed E-state index contributed by atoms with van der Waals surface area (Å²) < 4.78 is 5.66. The molecular weight excluding hydrogens is 214 g/mol. The van der Waals surface area contributed by atoms with E-state index in [1.165, 1.54) is 0 Å². The number of halogens is 1. The molecule has 1 saturated heterocycles. The van der Waals surface area contributed by atoms with Crippen LogP contribution in [0, 0.1) is 0 Å². The van der Waals surface area contributed by atoms with Crippen LogP contribution < -0.4 is 5.32 Å². The molecule has 0 aliphatic carbocycles. The molecule has 1 heterocycles. The topological polar surface area (TPSA) is 41.5 Å². The van der Waals surface area contributed by atoms with Gasteiger partial charge in [-0.2, -0.15) is 0 Å². The van der Waals surface area contributed by atoms with Crippen LogP contribution in [0.25, 0.3) is 0 Å². The maximum absolute atomic E-state index is 9.35. The number of phenolic OH excluding ortho intramolecular Hbond substituents is 1. The number of hydrogen-bond acceptors (Lipinski definition) is 3. The standard InChI is InChI=1S/C11H15NO2.ClH/c1-8-11(14-6-5-12-8)9-3-2-4-10(13)7-9;/h2-4,7-8,11-13H,5-6H2,1H3;1H. The van der Waals surface area contributed by atoms with Crippen molar-refractivity contribution in [3.8, 4) is 5.75 Å². The zero-order valence-corrected chi connectivity index (χ0v) is 9.46. The Morgan fingerprint density at radius 1 is 1.47 bits per heavy atom. The first-order valence-electron chi connectivity index (χ1n) is 4.91. The van der Waals surface area contributed by atoms with E-state index < -0.39 is 0 Å². The van der Waals surface area contributed by atoms with E-state index in [0.717, 1.165) is 18.7 Å². The molecule has 0 radical (unpaired) electrons. The minimum atomic E-state index is 0. The summed E-state index contributed by atoms with van der Waals surface area (Å²) in [6.07, 6.45) is 0.0517. The molecule has 2 rings (SSSR count). The SMILES string of the molecule is CC1NCCOC1c1cccc(O)c1.Cl. The number of phenols is 1. The highest BCUT2D eigenvalue weighted by molar-refractivity contribution is 5.85. The third-order valence-electron chi connectivity index (χ3n) is 2.52. The fourth-order valence-electron chi connectivity index (χ4n) is 1.81. The van der Waals surface area contributed by atoms with Crippen molar-refractivity contribution in [2.45, 2.75) is 19.1 Å². The van der Waals surface area contributed by atoms with Gasteiger partial charge in [0.2, 0.25) is 0 Å². The Bertz CT molecular complexity index is 319. The molecule has 1 aliphatic heterocycles. The van der Waals surface area contributed by atoms with Crippen molar-refractivity contribution in [2.75, 3.05) is 13.2 Å². The average Bonchev–Trinajstić information content (AvgIpc) is 2.18. The zero-order chi connectivity index (χ0) is 9.97. The zero-order valence-electron chi connectivity index (χ0n) is 8.64. The summed E-state index contributed by atoms with van der Waals surface area (Å²) in [5.41, 5.74) is 1.03. The first kappa shape index (κ1) is 12.3. The minimum absolute atomic E-state index is 0. The molecular formula is C11H16ClNO2. The van der Waals surface area contributed by atoms with Gasteiger partial charge in [-0.05, 0) is 24.6 Å². The average molecular weight is 230 g/mol. The molecule has 84 valence electrons. The van der Waals surface area contributed by atoms with Gasteiger partial charge < -0.3 is 15.2 Å². The van der Waals surface area contributed by atoms with Crippen molar-refractivity contribution in [1.29, 1.82) is 0 Å². The van der Waals surface area contributed by atoms with Gasteiger partial charge in [0.25, 0.3) is 0 Å². The Morgan fingerprint density at radius 3 is 2.93 bits per heavy atom. The lowest BCUT2D eigenvalue weighted by molar-refractivity contribution is -0.000323. The van der Waals surface area contributed by atoms with Crippen LogP contribution in [0.15, 0.2) is 24.3 Å². The van der Waals surface area contributed by atoms with E-state index in [4.69, 9.17) is 4.74 Å². The monoisotopic (exact) mass is 229 g/mol. The summed E-state index contributed by atoms with van der Waals surface area (Å²) in [5, 5.41) is 12.7. The quantitative estimate of drug-likeness (QED) is 0.773. The molecule has 2 atom stereocenters. The van der Waals surface area contributed by atoms with E-state index in [1.54, 1.807) is 12.1 Å². The maximum Gasteiger partial charge on any atom is 0.115 e. The van der Waals surface area contributed by atoms with E-state index >= 15 is 0 Å². The van der Waals surface area contributed by atoms with Crippen molar-refractivity contribution < 1.29 is 9.84 Å². The van der Waals surface area contributed by atoms with Crippen LogP contribution in [-0.4, -0.2) is 24.3 Å². The highest BCUT2D eigenvalue weighted by Crippen LogP contribution is 2.25. The normalized spacial score (nSPS) is 25.7. The molecule has 3 nitrogen and oxygen atoms in total. The molecule has 1 aliphatic rings. The summed E-state index contributed by atoms with van der Waals surface area (Å²) in [6.45, 7) is 3.72. The third kappa shape index (κ3) is 2.84. The molecule has 0 bridgehead atoms. The van der Waals surface area contributed by atoms with Gasteiger partial charge in [-0.1, -0.05) is 12.1 Å². The third-order valence-corrected chi connectivity index (χ3v) is 2.52. The van der Waals surface area contributed by atoms with Gasteiger partial charge in [-0.25, -0.2) is 0 Å². The van der Waals surface area contributed by atoms with Crippen LogP contribution >= 0.6 is 12.4 Å². The molecule has 1 fully saturated rings. The Balaban J connectivity index is 0.00000112. The number of morpholine rings is 1. The van der Waals surface area contributed by atoms with Crippen molar-refractivity contribution in [1.82, 2.24) is 5.32 Å². The summed E-state index contributed by atoms with van der Waals surface area (Å²) in [4.78, 5) is 0. The molecule has 4 heteroatoms. The Kier molecular flexibility index (Phi) is 4.39. The van der Waals surface area contributed by atoms with E-state index in [-0.39, 0.29) is 18.5 Å². The molecule has 2 N–H and O–H groups in total. The molecule has 1 aromatic carbocycles. The first-order valence-corrected chi connectivity index (χ1v) is 4.91. The van der Waals surface area contributed by atoms with Gasteiger partial charge in [-0.3, -0.25) is 0 Å². The van der Waals surface area contributed by atoms with E-state index in [2.05, 4.69) is 12.2 Å². The lowest BCUT2D eigenvalue weighted by Crippen LogP contribution is -2.41. The van der Waals surface area contributed by atoms with Crippen molar-refractivity contribution >= 4 is 12.4 Å². The molecule has 2 unspecified atom stereocenters. The fourth-order valence-corrected chi connectivity index (χ4v) is 1.81. The van der Waals surface area contributed by atoms with Gasteiger partial charge in [-0.15, -0.1) is 12.4 Å². The van der Waals surface area contributed by atoms with Crippen LogP contribution in [0.4, 0.5) is 0 Å². The van der Waals surface area contributed by atoms with Gasteiger partial charge >= 0.3 is 0 Å². The summed E-state index contributed by atoms with van der Waals surface area (Å²) in [6, 6.07) is 7.55. The Labute approximate surface area is 95.9 Å². The molecule has 15 heavy (non-hydrogen) atoms. The van der Waals surface area contributed by atoms with Crippen molar-refractivity contribution in [3.05, 3.63) is 29.8 Å². The molecule has 0 saturated carbocycles. The number of aromatic hydroxyl groups is 1. The number of nitrogens with one attached hydrogen (secondary N) is 1. The van der Waals surface area contributed by atoms with E-state index in [9.17, 15) is 5.11 Å².